The van der Waals surface area contributed by atoms with Gasteiger partial charge in [-0.2, -0.15) is 0 Å². The Labute approximate surface area is 146 Å². The first-order valence-electron chi connectivity index (χ1n) is 7.84. The van der Waals surface area contributed by atoms with Gasteiger partial charge in [0.15, 0.2) is 0 Å². The number of hydrogen-bond donors (Lipinski definition) is 3. The van der Waals surface area contributed by atoms with Crippen molar-refractivity contribution in [2.24, 2.45) is 0 Å². The number of carbonyl (C=O) groups is 2. The Morgan fingerprint density at radius 2 is 1.72 bits per heavy atom. The van der Waals surface area contributed by atoms with Crippen LogP contribution in [0.5, 0.6) is 0 Å². The highest BCUT2D eigenvalue weighted by Gasteiger charge is 1.96. The molecular formula is C16H26N2O7. The lowest BCUT2D eigenvalue weighted by atomic mass is 10.4. The van der Waals surface area contributed by atoms with E-state index in [0.717, 1.165) is 5.69 Å². The van der Waals surface area contributed by atoms with E-state index in [0.29, 0.717) is 46.0 Å². The maximum Gasteiger partial charge on any atom is 0.305 e. The molecule has 0 saturated heterocycles. The molecule has 0 aliphatic heterocycles. The molecule has 1 aromatic heterocycles. The molecule has 0 spiro atoms. The number of hydrogen-bond acceptors (Lipinski definition) is 6. The molecule has 25 heavy (non-hydrogen) atoms. The molecule has 1 heterocycles. The summed E-state index contributed by atoms with van der Waals surface area (Å²) in [6.07, 6.45) is 0.626. The minimum absolute atomic E-state index is 0.00679. The monoisotopic (exact) mass is 358 g/mol. The Morgan fingerprint density at radius 3 is 2.20 bits per heavy atom. The third-order valence-electron chi connectivity index (χ3n) is 2.59. The van der Waals surface area contributed by atoms with Gasteiger partial charge in [-0.25, -0.2) is 0 Å². The van der Waals surface area contributed by atoms with Crippen LogP contribution in [0.2, 0.25) is 0 Å². The Hall–Kier alpha value is -2.23. The maximum atomic E-state index is 10.4. The fourth-order valence-corrected chi connectivity index (χ4v) is 1.45. The number of aliphatic carboxylic acids is 1. The van der Waals surface area contributed by atoms with Gasteiger partial charge in [-0.15, -0.1) is 0 Å². The number of H-pyrrole nitrogens is 1. The number of carboxylic acids is 1. The van der Waals surface area contributed by atoms with Gasteiger partial charge in [-0.1, -0.05) is 6.07 Å². The number of ether oxygens (including phenoxy) is 3. The van der Waals surface area contributed by atoms with Gasteiger partial charge < -0.3 is 29.6 Å². The van der Waals surface area contributed by atoms with Crippen LogP contribution in [0.15, 0.2) is 23.0 Å². The maximum absolute atomic E-state index is 10.4. The van der Waals surface area contributed by atoms with Crippen molar-refractivity contribution in [3.63, 3.8) is 0 Å². The van der Waals surface area contributed by atoms with Crippen LogP contribution in [0.1, 0.15) is 12.1 Å². The first kappa shape index (κ1) is 22.8. The summed E-state index contributed by atoms with van der Waals surface area (Å²) in [5.41, 5.74) is 0.863. The summed E-state index contributed by atoms with van der Waals surface area (Å²) in [4.78, 5) is 33.0. The van der Waals surface area contributed by atoms with Crippen LogP contribution in [-0.2, 0) is 23.8 Å². The molecule has 142 valence electrons. The lowest BCUT2D eigenvalue weighted by Crippen LogP contribution is -2.19. The highest BCUT2D eigenvalue weighted by molar-refractivity contribution is 5.66. The van der Waals surface area contributed by atoms with E-state index in [4.69, 9.17) is 19.3 Å². The molecule has 0 aromatic carbocycles. The van der Waals surface area contributed by atoms with Gasteiger partial charge in [-0.3, -0.25) is 14.4 Å². The second-order valence-electron chi connectivity index (χ2n) is 4.75. The number of aryl methyl sites for hydroxylation is 1. The second kappa shape index (κ2) is 16.6. The lowest BCUT2D eigenvalue weighted by molar-refractivity contribution is -0.138. The average Bonchev–Trinajstić information content (AvgIpc) is 2.56. The molecule has 9 nitrogen and oxygen atoms in total. The predicted octanol–water partition coefficient (Wildman–Crippen LogP) is -0.0598. The van der Waals surface area contributed by atoms with Crippen LogP contribution in [-0.4, -0.2) is 68.7 Å². The van der Waals surface area contributed by atoms with Crippen LogP contribution >= 0.6 is 0 Å². The molecular weight excluding hydrogens is 332 g/mol. The Morgan fingerprint density at radius 1 is 1.12 bits per heavy atom. The van der Waals surface area contributed by atoms with E-state index in [1.165, 1.54) is 6.07 Å². The van der Waals surface area contributed by atoms with E-state index in [9.17, 15) is 14.4 Å². The number of aromatic amines is 1. The topological polar surface area (TPSA) is 127 Å². The Bertz CT molecular complexity index is 519. The van der Waals surface area contributed by atoms with E-state index in [2.05, 4.69) is 10.3 Å². The molecule has 1 rings (SSSR count). The summed E-state index contributed by atoms with van der Waals surface area (Å²) in [5, 5.41) is 10.8. The smallest absolute Gasteiger partial charge is 0.305 e. The third kappa shape index (κ3) is 18.0. The van der Waals surface area contributed by atoms with Gasteiger partial charge in [0.2, 0.25) is 12.0 Å². The number of nitrogens with one attached hydrogen (secondary N) is 2. The minimum Gasteiger partial charge on any atom is -0.481 e. The summed E-state index contributed by atoms with van der Waals surface area (Å²) in [6, 6.07) is 5.07. The Balaban J connectivity index is 0.000000593. The molecule has 9 heteroatoms. The quantitative estimate of drug-likeness (QED) is 0.333. The van der Waals surface area contributed by atoms with E-state index < -0.39 is 5.97 Å². The number of rotatable bonds is 13. The summed E-state index contributed by atoms with van der Waals surface area (Å²) in [7, 11) is 0. The summed E-state index contributed by atoms with van der Waals surface area (Å²) < 4.78 is 15.3. The summed E-state index contributed by atoms with van der Waals surface area (Å²) >= 11 is 0. The average molecular weight is 358 g/mol. The number of aromatic nitrogens is 1. The lowest BCUT2D eigenvalue weighted by Gasteiger charge is -2.06. The van der Waals surface area contributed by atoms with Crippen molar-refractivity contribution >= 4 is 12.4 Å². The first-order valence-corrected chi connectivity index (χ1v) is 7.84. The Kier molecular flexibility index (Phi) is 15.1. The van der Waals surface area contributed by atoms with Gasteiger partial charge in [0, 0.05) is 18.3 Å². The molecule has 1 aromatic rings. The van der Waals surface area contributed by atoms with E-state index in [1.807, 2.05) is 13.0 Å². The molecule has 0 saturated carbocycles. The standard InChI is InChI=1S/C10H19NO6.C6H7NO/c12-9-11-2-4-16-6-8-17-7-5-15-3-1-10(13)14;1-5-3-2-4-6(8)7-5/h9H,1-8H2,(H,11,12)(H,13,14);2-4H,1H3,(H,7,8). The molecule has 0 radical (unpaired) electrons. The molecule has 1 amide bonds. The second-order valence-corrected chi connectivity index (χ2v) is 4.75. The molecule has 0 atom stereocenters. The number of carboxylic acid groups (broad SMARTS) is 1. The van der Waals surface area contributed by atoms with Gasteiger partial charge >= 0.3 is 5.97 Å². The van der Waals surface area contributed by atoms with Gasteiger partial charge in [0.05, 0.1) is 46.1 Å². The number of carbonyl (C=O) groups excluding carboxylic acids is 1. The SMILES string of the molecule is Cc1cccc(=O)[nH]1.O=CNCCOCCOCCOCCC(=O)O. The minimum atomic E-state index is -0.872. The van der Waals surface area contributed by atoms with Gasteiger partial charge in [0.25, 0.3) is 0 Å². The summed E-state index contributed by atoms with van der Waals surface area (Å²) in [5.74, 6) is -0.872. The van der Waals surface area contributed by atoms with Crippen molar-refractivity contribution in [3.05, 3.63) is 34.2 Å². The predicted molar refractivity (Wildman–Crippen MR) is 90.6 cm³/mol. The molecule has 0 bridgehead atoms. The van der Waals surface area contributed by atoms with Crippen LogP contribution < -0.4 is 10.9 Å². The van der Waals surface area contributed by atoms with Crippen molar-refractivity contribution in [2.75, 3.05) is 46.2 Å². The molecule has 3 N–H and O–H groups in total. The normalized spacial score (nSPS) is 9.80. The fourth-order valence-electron chi connectivity index (χ4n) is 1.45. The highest BCUT2D eigenvalue weighted by Crippen LogP contribution is 1.84. The van der Waals surface area contributed by atoms with Crippen molar-refractivity contribution in [2.45, 2.75) is 13.3 Å². The molecule has 0 unspecified atom stereocenters. The fraction of sp³-hybridized carbons (Fsp3) is 0.562. The molecule has 0 aliphatic carbocycles. The zero-order valence-electron chi connectivity index (χ0n) is 14.4. The third-order valence-corrected chi connectivity index (χ3v) is 2.59. The van der Waals surface area contributed by atoms with E-state index >= 15 is 0 Å². The van der Waals surface area contributed by atoms with Crippen molar-refractivity contribution in [1.82, 2.24) is 10.3 Å². The number of pyridine rings is 1. The van der Waals surface area contributed by atoms with Crippen molar-refractivity contribution < 1.29 is 28.9 Å². The van der Waals surface area contributed by atoms with Crippen LogP contribution in [0.25, 0.3) is 0 Å². The van der Waals surface area contributed by atoms with Crippen LogP contribution in [0.3, 0.4) is 0 Å². The summed E-state index contributed by atoms with van der Waals surface area (Å²) in [6.45, 7) is 4.68. The van der Waals surface area contributed by atoms with E-state index in [1.54, 1.807) is 6.07 Å². The largest absolute Gasteiger partial charge is 0.481 e. The zero-order valence-corrected chi connectivity index (χ0v) is 14.4. The van der Waals surface area contributed by atoms with Crippen LogP contribution in [0, 0.1) is 6.92 Å². The van der Waals surface area contributed by atoms with Gasteiger partial charge in [0.1, 0.15) is 0 Å². The molecule has 0 aliphatic rings. The first-order chi connectivity index (χ1) is 12.1. The van der Waals surface area contributed by atoms with Crippen LogP contribution in [0.4, 0.5) is 0 Å². The van der Waals surface area contributed by atoms with E-state index in [-0.39, 0.29) is 18.6 Å². The van der Waals surface area contributed by atoms with Crippen molar-refractivity contribution in [1.29, 1.82) is 0 Å². The van der Waals surface area contributed by atoms with Gasteiger partial charge in [-0.05, 0) is 13.0 Å². The highest BCUT2D eigenvalue weighted by atomic mass is 16.5. The zero-order chi connectivity index (χ0) is 18.8. The number of amides is 1. The van der Waals surface area contributed by atoms with Crippen molar-refractivity contribution in [3.8, 4) is 0 Å². The molecule has 0 fully saturated rings.